The van der Waals surface area contributed by atoms with Crippen LogP contribution >= 0.6 is 11.3 Å². The maximum Gasteiger partial charge on any atom is 0.254 e. The number of carbonyl (C=O) groups is 2. The maximum atomic E-state index is 13.8. The zero-order valence-electron chi connectivity index (χ0n) is 20.2. The molecule has 0 bridgehead atoms. The smallest absolute Gasteiger partial charge is 0.254 e. The molecule has 0 radical (unpaired) electrons. The van der Waals surface area contributed by atoms with Gasteiger partial charge in [-0.05, 0) is 74.2 Å². The number of piperidine rings is 1. The molecule has 1 saturated carbocycles. The summed E-state index contributed by atoms with van der Waals surface area (Å²) in [6, 6.07) is 11.9. The second kappa shape index (κ2) is 10.6. The monoisotopic (exact) mass is 479 g/mol. The van der Waals surface area contributed by atoms with Gasteiger partial charge in [0.15, 0.2) is 0 Å². The second-order valence-corrected chi connectivity index (χ2v) is 11.3. The molecule has 5 rings (SSSR count). The van der Waals surface area contributed by atoms with Gasteiger partial charge in [-0.2, -0.15) is 0 Å². The van der Waals surface area contributed by atoms with Gasteiger partial charge in [-0.15, -0.1) is 11.3 Å². The number of thiophene rings is 1. The van der Waals surface area contributed by atoms with Gasteiger partial charge in [0.1, 0.15) is 0 Å². The van der Waals surface area contributed by atoms with Crippen molar-refractivity contribution in [2.24, 2.45) is 5.92 Å². The molecule has 2 aromatic rings. The summed E-state index contributed by atoms with van der Waals surface area (Å²) < 4.78 is 0. The highest BCUT2D eigenvalue weighted by Crippen LogP contribution is 2.47. The van der Waals surface area contributed by atoms with Crippen molar-refractivity contribution < 1.29 is 9.59 Å². The predicted octanol–water partition coefficient (Wildman–Crippen LogP) is 5.21. The number of nitrogens with zero attached hydrogens (tertiary/aromatic N) is 2. The fourth-order valence-corrected chi connectivity index (χ4v) is 7.15. The largest absolute Gasteiger partial charge is 0.355 e. The van der Waals surface area contributed by atoms with E-state index in [1.54, 1.807) is 11.3 Å². The standard InChI is InChI=1S/C28H37N3O2S/c1-20-9-6-16-30(19-20)17-8-15-29-27(32)25-22-12-4-5-13-23(22)28(33)31(21-10-2-3-11-21)26(25)24-14-7-18-34-24/h4-5,7,12-14,18,20-21,25-26H,2-3,6,8-11,15-17,19H2,1H3,(H,29,32)/t20-,25-,26+/m1/s1. The van der Waals surface area contributed by atoms with Gasteiger partial charge in [0, 0.05) is 29.6 Å². The third kappa shape index (κ3) is 4.80. The molecule has 3 heterocycles. The van der Waals surface area contributed by atoms with Crippen molar-refractivity contribution in [3.05, 3.63) is 57.8 Å². The minimum Gasteiger partial charge on any atom is -0.355 e. The number of benzene rings is 1. The fourth-order valence-electron chi connectivity index (χ4n) is 6.29. The van der Waals surface area contributed by atoms with Crippen molar-refractivity contribution >= 4 is 23.2 Å². The summed E-state index contributed by atoms with van der Waals surface area (Å²) in [6.45, 7) is 6.39. The van der Waals surface area contributed by atoms with E-state index in [-0.39, 0.29) is 29.8 Å². The van der Waals surface area contributed by atoms with Crippen LogP contribution in [0.15, 0.2) is 41.8 Å². The molecule has 3 aliphatic rings. The Morgan fingerprint density at radius 3 is 2.68 bits per heavy atom. The van der Waals surface area contributed by atoms with Crippen LogP contribution in [0.1, 0.15) is 84.6 Å². The van der Waals surface area contributed by atoms with E-state index in [0.29, 0.717) is 12.1 Å². The lowest BCUT2D eigenvalue weighted by Gasteiger charge is -2.44. The Kier molecular flexibility index (Phi) is 7.35. The first kappa shape index (κ1) is 23.6. The molecule has 34 heavy (non-hydrogen) atoms. The number of fused-ring (bicyclic) bond motifs is 1. The van der Waals surface area contributed by atoms with Gasteiger partial charge >= 0.3 is 0 Å². The van der Waals surface area contributed by atoms with Crippen LogP contribution in [0.3, 0.4) is 0 Å². The molecule has 0 unspecified atom stereocenters. The van der Waals surface area contributed by atoms with E-state index in [1.165, 1.54) is 25.9 Å². The number of amides is 2. The van der Waals surface area contributed by atoms with Crippen LogP contribution < -0.4 is 5.32 Å². The van der Waals surface area contributed by atoms with Crippen LogP contribution in [0.2, 0.25) is 0 Å². The summed E-state index contributed by atoms with van der Waals surface area (Å²) in [5, 5.41) is 5.32. The Morgan fingerprint density at radius 2 is 1.91 bits per heavy atom. The van der Waals surface area contributed by atoms with Crippen LogP contribution in [-0.2, 0) is 4.79 Å². The van der Waals surface area contributed by atoms with E-state index in [1.807, 2.05) is 30.3 Å². The van der Waals surface area contributed by atoms with E-state index in [9.17, 15) is 9.59 Å². The molecule has 5 nitrogen and oxygen atoms in total. The lowest BCUT2D eigenvalue weighted by atomic mass is 9.80. The van der Waals surface area contributed by atoms with Crippen LogP contribution in [0.5, 0.6) is 0 Å². The Bertz CT molecular complexity index is 985. The Balaban J connectivity index is 1.37. The Morgan fingerprint density at radius 1 is 1.09 bits per heavy atom. The van der Waals surface area contributed by atoms with E-state index in [0.717, 1.165) is 55.0 Å². The van der Waals surface area contributed by atoms with E-state index < -0.39 is 0 Å². The molecule has 182 valence electrons. The molecule has 1 aromatic heterocycles. The zero-order chi connectivity index (χ0) is 23.5. The predicted molar refractivity (Wildman–Crippen MR) is 137 cm³/mol. The van der Waals surface area contributed by atoms with Crippen LogP contribution in [0.25, 0.3) is 0 Å². The first-order chi connectivity index (χ1) is 16.6. The summed E-state index contributed by atoms with van der Waals surface area (Å²) in [7, 11) is 0. The molecule has 2 fully saturated rings. The molecular formula is C28H37N3O2S. The molecule has 1 N–H and O–H groups in total. The van der Waals surface area contributed by atoms with Crippen LogP contribution in [-0.4, -0.2) is 53.8 Å². The molecule has 1 saturated heterocycles. The fraction of sp³-hybridized carbons (Fsp3) is 0.571. The van der Waals surface area contributed by atoms with Gasteiger partial charge in [0.25, 0.3) is 5.91 Å². The van der Waals surface area contributed by atoms with Gasteiger partial charge in [0.2, 0.25) is 5.91 Å². The highest BCUT2D eigenvalue weighted by molar-refractivity contribution is 7.10. The maximum absolute atomic E-state index is 13.8. The van der Waals surface area contributed by atoms with E-state index in [4.69, 9.17) is 0 Å². The normalized spacial score (nSPS) is 26.0. The lowest BCUT2D eigenvalue weighted by molar-refractivity contribution is -0.124. The molecule has 0 spiro atoms. The van der Waals surface area contributed by atoms with Gasteiger partial charge in [-0.1, -0.05) is 44.0 Å². The summed E-state index contributed by atoms with van der Waals surface area (Å²) >= 11 is 1.66. The van der Waals surface area contributed by atoms with Crippen LogP contribution in [0, 0.1) is 5.92 Å². The summed E-state index contributed by atoms with van der Waals surface area (Å²) in [5.41, 5.74) is 1.58. The van der Waals surface area contributed by atoms with E-state index >= 15 is 0 Å². The molecule has 2 amide bonds. The SMILES string of the molecule is C[C@@H]1CCCN(CCCNC(=O)[C@@H]2c3ccccc3C(=O)N(C3CCCC3)[C@H]2c2cccs2)C1. The minimum absolute atomic E-state index is 0.0494. The summed E-state index contributed by atoms with van der Waals surface area (Å²) in [4.78, 5) is 33.2. The van der Waals surface area contributed by atoms with Crippen molar-refractivity contribution in [1.82, 2.24) is 15.1 Å². The van der Waals surface area contributed by atoms with E-state index in [2.05, 4.69) is 33.5 Å². The number of hydrogen-bond donors (Lipinski definition) is 1. The van der Waals surface area contributed by atoms with Gasteiger partial charge in [-0.3, -0.25) is 9.59 Å². The zero-order valence-corrected chi connectivity index (χ0v) is 21.1. The van der Waals surface area contributed by atoms with Crippen molar-refractivity contribution in [2.75, 3.05) is 26.2 Å². The molecule has 1 aromatic carbocycles. The Labute approximate surface area is 207 Å². The number of carbonyl (C=O) groups excluding carboxylic acids is 2. The number of likely N-dealkylation sites (tertiary alicyclic amines) is 1. The summed E-state index contributed by atoms with van der Waals surface area (Å²) in [6.07, 6.45) is 7.92. The molecule has 6 heteroatoms. The van der Waals surface area contributed by atoms with Gasteiger partial charge in [0.05, 0.1) is 12.0 Å². The van der Waals surface area contributed by atoms with Gasteiger partial charge < -0.3 is 15.1 Å². The molecule has 3 atom stereocenters. The molecule has 1 aliphatic carbocycles. The van der Waals surface area contributed by atoms with Crippen LogP contribution in [0.4, 0.5) is 0 Å². The second-order valence-electron chi connectivity index (χ2n) is 10.4. The highest BCUT2D eigenvalue weighted by atomic mass is 32.1. The first-order valence-corrected chi connectivity index (χ1v) is 14.0. The van der Waals surface area contributed by atoms with Crippen molar-refractivity contribution in [2.45, 2.75) is 69.9 Å². The number of nitrogens with one attached hydrogen (secondary N) is 1. The lowest BCUT2D eigenvalue weighted by Crippen LogP contribution is -2.50. The van der Waals surface area contributed by atoms with Crippen molar-refractivity contribution in [3.63, 3.8) is 0 Å². The highest BCUT2D eigenvalue weighted by Gasteiger charge is 2.47. The summed E-state index contributed by atoms with van der Waals surface area (Å²) in [5.74, 6) is 0.536. The quantitative estimate of drug-likeness (QED) is 0.555. The van der Waals surface area contributed by atoms with Gasteiger partial charge in [-0.25, -0.2) is 0 Å². The topological polar surface area (TPSA) is 52.7 Å². The van der Waals surface area contributed by atoms with Crippen molar-refractivity contribution in [1.29, 1.82) is 0 Å². The first-order valence-electron chi connectivity index (χ1n) is 13.1. The Hall–Kier alpha value is -2.18. The van der Waals surface area contributed by atoms with Crippen molar-refractivity contribution in [3.8, 4) is 0 Å². The third-order valence-electron chi connectivity index (χ3n) is 7.90. The number of hydrogen-bond acceptors (Lipinski definition) is 4. The minimum atomic E-state index is -0.372. The molecular weight excluding hydrogens is 442 g/mol. The molecule has 2 aliphatic heterocycles. The third-order valence-corrected chi connectivity index (χ3v) is 8.85. The average Bonchev–Trinajstić information content (AvgIpc) is 3.56. The average molecular weight is 480 g/mol. The number of rotatable bonds is 7.